The predicted molar refractivity (Wildman–Crippen MR) is 356 cm³/mol. The molecule has 0 bridgehead atoms. The molecule has 25 heteroatoms. The molecule has 0 saturated carbocycles. The van der Waals surface area contributed by atoms with E-state index in [2.05, 4.69) is 21.3 Å². The fourth-order valence-electron chi connectivity index (χ4n) is 11.5. The average molecular weight is 1310 g/mol. The van der Waals surface area contributed by atoms with Gasteiger partial charge in [0.15, 0.2) is 0 Å². The van der Waals surface area contributed by atoms with Crippen molar-refractivity contribution in [2.45, 2.75) is 216 Å². The molecule has 1 aromatic carbocycles. The number of allylic oxidation sites excluding steroid dienone is 1. The summed E-state index contributed by atoms with van der Waals surface area (Å²) >= 11 is 0. The van der Waals surface area contributed by atoms with E-state index in [0.29, 0.717) is 5.56 Å². The number of amides is 11. The van der Waals surface area contributed by atoms with E-state index in [1.54, 1.807) is 65.8 Å². The van der Waals surface area contributed by atoms with Crippen molar-refractivity contribution >= 4 is 77.0 Å². The first kappa shape index (κ1) is 81.7. The summed E-state index contributed by atoms with van der Waals surface area (Å²) in [6.07, 6.45) is 2.26. The van der Waals surface area contributed by atoms with Crippen molar-refractivity contribution in [3.63, 3.8) is 0 Å². The number of likely N-dealkylation sites (N-methyl/N-ethyl adjacent to an activating group) is 7. The van der Waals surface area contributed by atoms with Crippen LogP contribution in [-0.2, 0) is 52.7 Å². The molecular formula is C68H113N11O14. The lowest BCUT2D eigenvalue weighted by atomic mass is 9.91. The molecule has 6 N–H and O–H groups in total. The highest BCUT2D eigenvalue weighted by Gasteiger charge is 2.46. The largest absolute Gasteiger partial charge is 0.478 e. The van der Waals surface area contributed by atoms with Crippen LogP contribution in [0, 0.1) is 41.4 Å². The van der Waals surface area contributed by atoms with Gasteiger partial charge in [0.1, 0.15) is 60.4 Å². The van der Waals surface area contributed by atoms with Gasteiger partial charge in [-0.3, -0.25) is 52.7 Å². The molecule has 1 aliphatic rings. The minimum Gasteiger partial charge on any atom is -0.478 e. The van der Waals surface area contributed by atoms with Gasteiger partial charge in [-0.25, -0.2) is 4.79 Å². The molecule has 11 amide bonds. The monoisotopic (exact) mass is 1310 g/mol. The van der Waals surface area contributed by atoms with Crippen molar-refractivity contribution in [2.24, 2.45) is 41.4 Å². The van der Waals surface area contributed by atoms with Crippen LogP contribution in [0.1, 0.15) is 165 Å². The van der Waals surface area contributed by atoms with Crippen molar-refractivity contribution < 1.29 is 67.7 Å². The smallest absolute Gasteiger partial charge is 0.335 e. The predicted octanol–water partition coefficient (Wildman–Crippen LogP) is 4.10. The standard InChI is InChI=1S/C68H113N11O14/c1-24-48-63(87)73(17)36-53(80)74(18)49(31-37(2)3)60(84)72-54(41(10)11)66(90)75(19)50(32-38(4)5)59(83)69-44(15)58(82)70-45(16)62(86)76(20)51(33-39(6)7)64(88)77(21)52(34-40(8)9)65(89)78(22)55(42(12)13)67(91)79(23)56(61(85)71-48)57(81)43(14)27-25-28-46-29-26-30-47(35-46)68(92)93/h25-26,28-30,35,37-45,48-52,54-57,81H,24,27,31-34,36H2,1-23H3,(H,69,83)(H,70,82)(H,71,85)(H,72,84)(H,92,93)/b28-25+/t43?,44-,45+,48-,49-,50-,51-,52-,54-,55-,56?,57?/m0/s1. The molecule has 25 nitrogen and oxygen atoms in total. The molecule has 93 heavy (non-hydrogen) atoms. The summed E-state index contributed by atoms with van der Waals surface area (Å²) in [6, 6.07) is -6.63. The fourth-order valence-corrected chi connectivity index (χ4v) is 11.5. The summed E-state index contributed by atoms with van der Waals surface area (Å²) in [5.74, 6) is -11.6. The highest BCUT2D eigenvalue weighted by molar-refractivity contribution is 6.00. The zero-order chi connectivity index (χ0) is 71.5. The Balaban J connectivity index is 3.01. The highest BCUT2D eigenvalue weighted by Crippen LogP contribution is 2.26. The summed E-state index contributed by atoms with van der Waals surface area (Å²) in [7, 11) is 9.75. The number of aliphatic hydroxyl groups excluding tert-OH is 1. The molecule has 524 valence electrons. The van der Waals surface area contributed by atoms with E-state index < -0.39 is 162 Å². The van der Waals surface area contributed by atoms with Crippen molar-refractivity contribution in [1.29, 1.82) is 0 Å². The maximum Gasteiger partial charge on any atom is 0.335 e. The number of nitrogens with zero attached hydrogens (tertiary/aromatic N) is 7. The minimum atomic E-state index is -1.73. The van der Waals surface area contributed by atoms with Crippen molar-refractivity contribution in [3.8, 4) is 0 Å². The second kappa shape index (κ2) is 36.9. The van der Waals surface area contributed by atoms with E-state index in [1.807, 2.05) is 55.4 Å². The number of nitrogens with one attached hydrogen (secondary N) is 4. The van der Waals surface area contributed by atoms with Crippen molar-refractivity contribution in [3.05, 3.63) is 41.5 Å². The summed E-state index contributed by atoms with van der Waals surface area (Å²) in [5, 5.41) is 32.9. The number of aromatic carboxylic acids is 1. The Morgan fingerprint density at radius 2 is 0.968 bits per heavy atom. The highest BCUT2D eigenvalue weighted by atomic mass is 16.4. The van der Waals surface area contributed by atoms with E-state index in [-0.39, 0.29) is 67.8 Å². The van der Waals surface area contributed by atoms with Crippen LogP contribution in [0.2, 0.25) is 0 Å². The summed E-state index contributed by atoms with van der Waals surface area (Å²) < 4.78 is 0. The first-order chi connectivity index (χ1) is 43.0. The molecule has 1 fully saturated rings. The number of hydrogen-bond acceptors (Lipinski definition) is 13. The number of benzene rings is 1. The van der Waals surface area contributed by atoms with Gasteiger partial charge >= 0.3 is 5.97 Å². The first-order valence-electron chi connectivity index (χ1n) is 32.8. The molecule has 1 aromatic rings. The SMILES string of the molecule is CC[C@@H]1NC(=O)C(C(O)C(C)C/C=C/c2cccc(C(=O)O)c2)N(C)C(=O)[C@H](C(C)C)N(C)C(=O)[C@H](CC(C)C)N(C)C(=O)[C@H](CC(C)C)N(C)C(=O)[C@@H](C)NC(=O)[C@H](C)NC(=O)[C@H](CC(C)C)N(C)C(=O)[C@H](C(C)C)NC(=O)[C@H](CC(C)C)N(C)C(=O)CN(C)C1=O. The summed E-state index contributed by atoms with van der Waals surface area (Å²) in [5.41, 5.74) is 0.597. The molecule has 1 aliphatic heterocycles. The van der Waals surface area contributed by atoms with Crippen molar-refractivity contribution in [2.75, 3.05) is 55.9 Å². The third-order valence-electron chi connectivity index (χ3n) is 17.3. The van der Waals surface area contributed by atoms with Gasteiger partial charge in [-0.15, -0.1) is 0 Å². The molecular weight excluding hydrogens is 1190 g/mol. The van der Waals surface area contributed by atoms with Crippen LogP contribution in [0.3, 0.4) is 0 Å². The van der Waals surface area contributed by atoms with Gasteiger partial charge in [0.2, 0.25) is 65.0 Å². The number of hydrogen-bond donors (Lipinski definition) is 6. The van der Waals surface area contributed by atoms with Gasteiger partial charge in [-0.1, -0.05) is 121 Å². The zero-order valence-electron chi connectivity index (χ0n) is 59.7. The lowest BCUT2D eigenvalue weighted by molar-refractivity contribution is -0.157. The number of carboxylic acid groups (broad SMARTS) is 1. The maximum atomic E-state index is 15.4. The Morgan fingerprint density at radius 3 is 1.45 bits per heavy atom. The van der Waals surface area contributed by atoms with Crippen LogP contribution in [0.4, 0.5) is 0 Å². The van der Waals surface area contributed by atoms with Crippen LogP contribution < -0.4 is 21.3 Å². The fraction of sp³-hybridized carbons (Fsp3) is 0.706. The van der Waals surface area contributed by atoms with Crippen LogP contribution >= 0.6 is 0 Å². The van der Waals surface area contributed by atoms with Crippen molar-refractivity contribution in [1.82, 2.24) is 55.6 Å². The summed E-state index contributed by atoms with van der Waals surface area (Å²) in [6.45, 7) is 27.2. The topological polar surface area (TPSA) is 316 Å². The first-order valence-corrected chi connectivity index (χ1v) is 32.8. The minimum absolute atomic E-state index is 0.0331. The molecule has 12 atom stereocenters. The summed E-state index contributed by atoms with van der Waals surface area (Å²) in [4.78, 5) is 181. The normalized spacial score (nSPS) is 25.5. The van der Waals surface area contributed by atoms with Crippen LogP contribution in [0.15, 0.2) is 30.3 Å². The van der Waals surface area contributed by atoms with E-state index in [9.17, 15) is 48.6 Å². The third-order valence-corrected chi connectivity index (χ3v) is 17.3. The molecule has 0 radical (unpaired) electrons. The molecule has 0 aromatic heterocycles. The van der Waals surface area contributed by atoms with Gasteiger partial charge in [-0.05, 0) is 111 Å². The van der Waals surface area contributed by atoms with Gasteiger partial charge in [0.25, 0.3) is 0 Å². The Labute approximate surface area is 552 Å². The van der Waals surface area contributed by atoms with Crippen LogP contribution in [0.5, 0.6) is 0 Å². The molecule has 1 heterocycles. The number of carbonyl (C=O) groups is 12. The van der Waals surface area contributed by atoms with E-state index in [4.69, 9.17) is 0 Å². The average Bonchev–Trinajstić information content (AvgIpc) is 0.812. The van der Waals surface area contributed by atoms with Gasteiger partial charge < -0.3 is 65.8 Å². The molecule has 3 unspecified atom stereocenters. The molecule has 0 spiro atoms. The Morgan fingerprint density at radius 1 is 0.516 bits per heavy atom. The molecule has 1 saturated heterocycles. The zero-order valence-corrected chi connectivity index (χ0v) is 59.7. The lowest BCUT2D eigenvalue weighted by Crippen LogP contribution is -2.63. The third kappa shape index (κ3) is 22.9. The quantitative estimate of drug-likeness (QED) is 0.128. The van der Waals surface area contributed by atoms with E-state index in [0.717, 1.165) is 9.80 Å². The number of carbonyl (C=O) groups excluding carboxylic acids is 11. The maximum absolute atomic E-state index is 15.4. The second-order valence-electron chi connectivity index (χ2n) is 27.9. The van der Waals surface area contributed by atoms with Gasteiger partial charge in [0, 0.05) is 49.3 Å². The molecule has 2 rings (SSSR count). The van der Waals surface area contributed by atoms with Gasteiger partial charge in [-0.2, -0.15) is 0 Å². The lowest BCUT2D eigenvalue weighted by Gasteiger charge is -2.41. The Hall–Kier alpha value is -7.44. The van der Waals surface area contributed by atoms with Gasteiger partial charge in [0.05, 0.1) is 18.2 Å². The Bertz CT molecular complexity index is 2800. The Kier molecular flexibility index (Phi) is 32.4. The number of carboxylic acids is 1. The number of rotatable bonds is 17. The number of aliphatic hydroxyl groups is 1. The van der Waals surface area contributed by atoms with Crippen LogP contribution in [0.25, 0.3) is 6.08 Å². The van der Waals surface area contributed by atoms with E-state index in [1.165, 1.54) is 99.8 Å². The van der Waals surface area contributed by atoms with Crippen LogP contribution in [-0.4, -0.2) is 238 Å². The second-order valence-corrected chi connectivity index (χ2v) is 27.9. The van der Waals surface area contributed by atoms with E-state index >= 15 is 19.2 Å². The molecule has 0 aliphatic carbocycles.